The average Bonchev–Trinajstić information content (AvgIpc) is 2.99. The van der Waals surface area contributed by atoms with Gasteiger partial charge in [-0.05, 0) is 50.1 Å². The maximum atomic E-state index is 12.6. The first kappa shape index (κ1) is 20.3. The zero-order valence-corrected chi connectivity index (χ0v) is 17.1. The molecule has 1 aromatic carbocycles. The highest BCUT2D eigenvalue weighted by Crippen LogP contribution is 2.18. The van der Waals surface area contributed by atoms with Gasteiger partial charge in [0.1, 0.15) is 0 Å². The molecule has 0 atom stereocenters. The second-order valence-corrected chi connectivity index (χ2v) is 7.12. The van der Waals surface area contributed by atoms with E-state index in [0.717, 1.165) is 28.1 Å². The van der Waals surface area contributed by atoms with E-state index in [1.165, 1.54) is 0 Å². The van der Waals surface area contributed by atoms with E-state index in [2.05, 4.69) is 20.7 Å². The van der Waals surface area contributed by atoms with Crippen molar-refractivity contribution >= 4 is 17.5 Å². The molecule has 0 bridgehead atoms. The first-order valence-electron chi connectivity index (χ1n) is 9.42. The van der Waals surface area contributed by atoms with Crippen molar-refractivity contribution in [3.63, 3.8) is 0 Å². The van der Waals surface area contributed by atoms with Crippen molar-refractivity contribution in [3.8, 4) is 0 Å². The van der Waals surface area contributed by atoms with E-state index in [9.17, 15) is 9.59 Å². The normalized spacial score (nSPS) is 10.6. The first-order valence-corrected chi connectivity index (χ1v) is 9.42. The van der Waals surface area contributed by atoms with Gasteiger partial charge in [-0.2, -0.15) is 5.10 Å². The van der Waals surface area contributed by atoms with Crippen molar-refractivity contribution in [1.82, 2.24) is 20.1 Å². The number of hydrogen-bond donors (Lipinski definition) is 2. The van der Waals surface area contributed by atoms with Crippen LogP contribution in [-0.2, 0) is 24.8 Å². The highest BCUT2D eigenvalue weighted by Gasteiger charge is 2.13. The Kier molecular flexibility index (Phi) is 6.07. The Morgan fingerprint density at radius 1 is 1.10 bits per heavy atom. The Labute approximate surface area is 170 Å². The highest BCUT2D eigenvalue weighted by atomic mass is 16.2. The Morgan fingerprint density at radius 2 is 1.90 bits per heavy atom. The number of amides is 2. The average molecular weight is 391 g/mol. The molecule has 2 N–H and O–H groups in total. The Bertz CT molecular complexity index is 1060. The van der Waals surface area contributed by atoms with Crippen LogP contribution in [0.2, 0.25) is 0 Å². The number of nitrogens with zero attached hydrogens (tertiary/aromatic N) is 3. The van der Waals surface area contributed by atoms with Crippen molar-refractivity contribution in [3.05, 3.63) is 76.4 Å². The van der Waals surface area contributed by atoms with Gasteiger partial charge in [0.05, 0.1) is 24.4 Å². The molecule has 150 valence electrons. The van der Waals surface area contributed by atoms with Gasteiger partial charge in [-0.25, -0.2) is 0 Å². The van der Waals surface area contributed by atoms with Crippen LogP contribution in [0.15, 0.2) is 42.7 Å². The van der Waals surface area contributed by atoms with Gasteiger partial charge in [0.25, 0.3) is 5.91 Å². The third kappa shape index (κ3) is 5.07. The summed E-state index contributed by atoms with van der Waals surface area (Å²) in [5.41, 5.74) is 5.55. The van der Waals surface area contributed by atoms with Crippen LogP contribution in [0.5, 0.6) is 0 Å². The SMILES string of the molecule is Cc1ccc(C(=O)NCc2ncccc2C)cc1NC(=O)Cc1cn(C)nc1C. The van der Waals surface area contributed by atoms with Gasteiger partial charge in [0.15, 0.2) is 0 Å². The van der Waals surface area contributed by atoms with Crippen LogP contribution in [0.3, 0.4) is 0 Å². The van der Waals surface area contributed by atoms with Gasteiger partial charge in [0, 0.05) is 36.3 Å². The Balaban J connectivity index is 1.67. The van der Waals surface area contributed by atoms with Crippen LogP contribution in [0.4, 0.5) is 5.69 Å². The number of aromatic nitrogens is 3. The lowest BCUT2D eigenvalue weighted by Crippen LogP contribution is -2.24. The summed E-state index contributed by atoms with van der Waals surface area (Å²) in [6.07, 6.45) is 3.78. The van der Waals surface area contributed by atoms with Gasteiger partial charge < -0.3 is 10.6 Å². The summed E-state index contributed by atoms with van der Waals surface area (Å²) in [5, 5.41) is 10.0. The number of hydrogen-bond acceptors (Lipinski definition) is 4. The van der Waals surface area contributed by atoms with Crippen LogP contribution in [0.25, 0.3) is 0 Å². The summed E-state index contributed by atoms with van der Waals surface area (Å²) in [5.74, 6) is -0.362. The second-order valence-electron chi connectivity index (χ2n) is 7.12. The predicted molar refractivity (Wildman–Crippen MR) is 112 cm³/mol. The molecule has 2 aromatic heterocycles. The third-order valence-electron chi connectivity index (χ3n) is 4.77. The molecule has 0 saturated carbocycles. The van der Waals surface area contributed by atoms with Crippen molar-refractivity contribution in [2.24, 2.45) is 7.05 Å². The number of rotatable bonds is 6. The summed E-state index contributed by atoms with van der Waals surface area (Å²) in [4.78, 5) is 29.3. The molecule has 3 aromatic rings. The predicted octanol–water partition coefficient (Wildman–Crippen LogP) is 2.85. The van der Waals surface area contributed by atoms with Crippen molar-refractivity contribution in [1.29, 1.82) is 0 Å². The van der Waals surface area contributed by atoms with Gasteiger partial charge in [-0.3, -0.25) is 19.3 Å². The third-order valence-corrected chi connectivity index (χ3v) is 4.77. The molecule has 29 heavy (non-hydrogen) atoms. The summed E-state index contributed by atoms with van der Waals surface area (Å²) >= 11 is 0. The monoisotopic (exact) mass is 391 g/mol. The van der Waals surface area contributed by atoms with Crippen molar-refractivity contribution < 1.29 is 9.59 Å². The first-order chi connectivity index (χ1) is 13.8. The highest BCUT2D eigenvalue weighted by molar-refractivity contribution is 5.98. The summed E-state index contributed by atoms with van der Waals surface area (Å²) in [6, 6.07) is 9.09. The maximum absolute atomic E-state index is 12.6. The molecule has 7 nitrogen and oxygen atoms in total. The van der Waals surface area contributed by atoms with Gasteiger partial charge in [0.2, 0.25) is 5.91 Å². The number of carbonyl (C=O) groups excluding carboxylic acids is 2. The minimum atomic E-state index is -0.214. The van der Waals surface area contributed by atoms with Gasteiger partial charge >= 0.3 is 0 Å². The molecule has 0 saturated heterocycles. The standard InChI is InChI=1S/C22H25N5O2/c1-14-6-5-9-23-20(14)12-24-22(29)17-8-7-15(2)19(10-17)25-21(28)11-18-13-27(4)26-16(18)3/h5-10,13H,11-12H2,1-4H3,(H,24,29)(H,25,28). The molecular formula is C22H25N5O2. The Morgan fingerprint density at radius 3 is 2.59 bits per heavy atom. The number of benzene rings is 1. The van der Waals surface area contributed by atoms with Crippen LogP contribution < -0.4 is 10.6 Å². The molecule has 0 radical (unpaired) electrons. The zero-order valence-electron chi connectivity index (χ0n) is 17.1. The van der Waals surface area contributed by atoms with Crippen LogP contribution in [0.1, 0.15) is 38.4 Å². The second kappa shape index (κ2) is 8.68. The van der Waals surface area contributed by atoms with Crippen molar-refractivity contribution in [2.75, 3.05) is 5.32 Å². The number of pyridine rings is 1. The summed E-state index contributed by atoms with van der Waals surface area (Å²) in [6.45, 7) is 6.07. The molecule has 0 spiro atoms. The number of carbonyl (C=O) groups is 2. The lowest BCUT2D eigenvalue weighted by molar-refractivity contribution is -0.115. The molecular weight excluding hydrogens is 366 g/mol. The molecule has 0 aliphatic carbocycles. The zero-order chi connectivity index (χ0) is 21.0. The molecule has 2 heterocycles. The molecule has 0 aliphatic rings. The maximum Gasteiger partial charge on any atom is 0.251 e. The largest absolute Gasteiger partial charge is 0.346 e. The molecule has 7 heteroatoms. The van der Waals surface area contributed by atoms with Crippen molar-refractivity contribution in [2.45, 2.75) is 33.7 Å². The lowest BCUT2D eigenvalue weighted by Gasteiger charge is -2.11. The number of anilines is 1. The van der Waals surface area contributed by atoms with Gasteiger partial charge in [-0.1, -0.05) is 12.1 Å². The smallest absolute Gasteiger partial charge is 0.251 e. The fourth-order valence-corrected chi connectivity index (χ4v) is 3.06. The van der Waals surface area contributed by atoms with E-state index in [1.54, 1.807) is 23.0 Å². The van der Waals surface area contributed by atoms with Crippen LogP contribution >= 0.6 is 0 Å². The van der Waals surface area contributed by atoms with E-state index in [4.69, 9.17) is 0 Å². The fourth-order valence-electron chi connectivity index (χ4n) is 3.06. The van der Waals surface area contributed by atoms with E-state index >= 15 is 0 Å². The number of nitrogens with one attached hydrogen (secondary N) is 2. The van der Waals surface area contributed by atoms with E-state index < -0.39 is 0 Å². The minimum Gasteiger partial charge on any atom is -0.346 e. The van der Waals surface area contributed by atoms with E-state index in [-0.39, 0.29) is 18.2 Å². The van der Waals surface area contributed by atoms with Crippen LogP contribution in [-0.4, -0.2) is 26.6 Å². The molecule has 3 rings (SSSR count). The lowest BCUT2D eigenvalue weighted by atomic mass is 10.1. The minimum absolute atomic E-state index is 0.147. The quantitative estimate of drug-likeness (QED) is 0.676. The number of aryl methyl sites for hydroxylation is 4. The summed E-state index contributed by atoms with van der Waals surface area (Å²) in [7, 11) is 1.83. The molecule has 0 aliphatic heterocycles. The fraction of sp³-hybridized carbons (Fsp3) is 0.273. The topological polar surface area (TPSA) is 88.9 Å². The van der Waals surface area contributed by atoms with Gasteiger partial charge in [-0.15, -0.1) is 0 Å². The molecule has 0 unspecified atom stereocenters. The Hall–Kier alpha value is -3.48. The summed E-state index contributed by atoms with van der Waals surface area (Å²) < 4.78 is 1.69. The van der Waals surface area contributed by atoms with E-state index in [0.29, 0.717) is 17.8 Å². The molecule has 2 amide bonds. The van der Waals surface area contributed by atoms with E-state index in [1.807, 2.05) is 52.2 Å². The molecule has 0 fully saturated rings. The van der Waals surface area contributed by atoms with Crippen LogP contribution in [0, 0.1) is 20.8 Å².